The number of ether oxygens (including phenoxy) is 1. The quantitative estimate of drug-likeness (QED) is 0.692. The van der Waals surface area contributed by atoms with Gasteiger partial charge in [-0.25, -0.2) is 4.79 Å². The van der Waals surface area contributed by atoms with Crippen molar-refractivity contribution < 1.29 is 19.4 Å². The standard InChI is InChI=1S/C11H14N2O4/c1-8-6-9(2-3-12-8)11(16)13-4-5-17-7-10(14)15/h2-3,6H,4-5,7H2,1H3,(H,13,16)(H,14,15). The molecule has 0 saturated heterocycles. The second-order valence-corrected chi connectivity index (χ2v) is 3.39. The topological polar surface area (TPSA) is 88.5 Å². The lowest BCUT2D eigenvalue weighted by molar-refractivity contribution is -0.142. The Morgan fingerprint density at radius 1 is 1.53 bits per heavy atom. The van der Waals surface area contributed by atoms with Crippen molar-refractivity contribution in [2.75, 3.05) is 19.8 Å². The van der Waals surface area contributed by atoms with Crippen LogP contribution in [0.5, 0.6) is 0 Å². The number of nitrogens with zero attached hydrogens (tertiary/aromatic N) is 1. The minimum absolute atomic E-state index is 0.169. The SMILES string of the molecule is Cc1cc(C(=O)NCCOCC(=O)O)ccn1. The molecule has 0 unspecified atom stereocenters. The molecule has 1 rings (SSSR count). The largest absolute Gasteiger partial charge is 0.480 e. The van der Waals surface area contributed by atoms with Crippen LogP contribution < -0.4 is 5.32 Å². The van der Waals surface area contributed by atoms with E-state index in [1.165, 1.54) is 0 Å². The molecule has 0 fully saturated rings. The van der Waals surface area contributed by atoms with Crippen molar-refractivity contribution in [1.82, 2.24) is 10.3 Å². The first-order chi connectivity index (χ1) is 8.09. The van der Waals surface area contributed by atoms with Gasteiger partial charge in [0.2, 0.25) is 0 Å². The van der Waals surface area contributed by atoms with E-state index < -0.39 is 5.97 Å². The summed E-state index contributed by atoms with van der Waals surface area (Å²) in [7, 11) is 0. The molecule has 1 aromatic rings. The number of pyridine rings is 1. The molecule has 1 heterocycles. The van der Waals surface area contributed by atoms with Crippen molar-refractivity contribution in [2.45, 2.75) is 6.92 Å². The summed E-state index contributed by atoms with van der Waals surface area (Å²) in [4.78, 5) is 25.7. The zero-order chi connectivity index (χ0) is 12.7. The molecule has 0 saturated carbocycles. The second kappa shape index (κ2) is 6.59. The number of rotatable bonds is 6. The number of aliphatic carboxylic acids is 1. The second-order valence-electron chi connectivity index (χ2n) is 3.39. The van der Waals surface area contributed by atoms with Crippen LogP contribution in [-0.4, -0.2) is 41.7 Å². The van der Waals surface area contributed by atoms with Crippen LogP contribution in [0.4, 0.5) is 0 Å². The Morgan fingerprint density at radius 2 is 2.29 bits per heavy atom. The van der Waals surface area contributed by atoms with Gasteiger partial charge in [-0.2, -0.15) is 0 Å². The first-order valence-corrected chi connectivity index (χ1v) is 5.10. The Bertz CT molecular complexity index is 406. The highest BCUT2D eigenvalue weighted by atomic mass is 16.5. The fourth-order valence-corrected chi connectivity index (χ4v) is 1.19. The van der Waals surface area contributed by atoms with Crippen molar-refractivity contribution in [3.63, 3.8) is 0 Å². The number of hydrogen-bond donors (Lipinski definition) is 2. The number of carboxylic acids is 1. The van der Waals surface area contributed by atoms with E-state index in [1.807, 2.05) is 0 Å². The van der Waals surface area contributed by atoms with Crippen LogP contribution in [0.25, 0.3) is 0 Å². The molecule has 0 aromatic carbocycles. The molecule has 1 amide bonds. The number of amides is 1. The Balaban J connectivity index is 2.28. The summed E-state index contributed by atoms with van der Waals surface area (Å²) in [5.41, 5.74) is 1.29. The van der Waals surface area contributed by atoms with Gasteiger partial charge in [-0.3, -0.25) is 9.78 Å². The average Bonchev–Trinajstić information content (AvgIpc) is 2.28. The average molecular weight is 238 g/mol. The highest BCUT2D eigenvalue weighted by Crippen LogP contribution is 1.99. The Hall–Kier alpha value is -1.95. The van der Waals surface area contributed by atoms with Crippen molar-refractivity contribution in [3.8, 4) is 0 Å². The summed E-state index contributed by atoms with van der Waals surface area (Å²) in [6, 6.07) is 3.29. The predicted octanol–water partition coefficient (Wildman–Crippen LogP) is 0.221. The normalized spacial score (nSPS) is 9.94. The number of nitrogens with one attached hydrogen (secondary N) is 1. The molecule has 0 bridgehead atoms. The lowest BCUT2D eigenvalue weighted by Gasteiger charge is -2.05. The number of hydrogen-bond acceptors (Lipinski definition) is 4. The van der Waals surface area contributed by atoms with Crippen LogP contribution in [0.3, 0.4) is 0 Å². The number of carbonyl (C=O) groups is 2. The maximum Gasteiger partial charge on any atom is 0.329 e. The molecule has 2 N–H and O–H groups in total. The van der Waals surface area contributed by atoms with Crippen molar-refractivity contribution in [2.24, 2.45) is 0 Å². The molecule has 1 aromatic heterocycles. The van der Waals surface area contributed by atoms with E-state index in [9.17, 15) is 9.59 Å². The molecule has 0 aliphatic carbocycles. The summed E-state index contributed by atoms with van der Waals surface area (Å²) in [5.74, 6) is -1.25. The van der Waals surface area contributed by atoms with Gasteiger partial charge in [0.25, 0.3) is 5.91 Å². The fraction of sp³-hybridized carbons (Fsp3) is 0.364. The first kappa shape index (κ1) is 13.1. The van der Waals surface area contributed by atoms with Crippen LogP contribution in [-0.2, 0) is 9.53 Å². The Morgan fingerprint density at radius 3 is 2.94 bits per heavy atom. The third-order valence-corrected chi connectivity index (χ3v) is 1.92. The van der Waals surface area contributed by atoms with E-state index in [0.29, 0.717) is 5.56 Å². The minimum Gasteiger partial charge on any atom is -0.480 e. The highest BCUT2D eigenvalue weighted by Gasteiger charge is 2.04. The predicted molar refractivity (Wildman–Crippen MR) is 59.8 cm³/mol. The smallest absolute Gasteiger partial charge is 0.329 e. The highest BCUT2D eigenvalue weighted by molar-refractivity contribution is 5.94. The summed E-state index contributed by atoms with van der Waals surface area (Å²) in [5, 5.41) is 10.9. The first-order valence-electron chi connectivity index (χ1n) is 5.10. The molecule has 17 heavy (non-hydrogen) atoms. The fourth-order valence-electron chi connectivity index (χ4n) is 1.19. The van der Waals surface area contributed by atoms with Gasteiger partial charge in [0, 0.05) is 24.0 Å². The molecule has 0 aliphatic rings. The van der Waals surface area contributed by atoms with E-state index in [-0.39, 0.29) is 25.7 Å². The molecule has 0 spiro atoms. The summed E-state index contributed by atoms with van der Waals surface area (Å²) >= 11 is 0. The van der Waals surface area contributed by atoms with Crippen molar-refractivity contribution >= 4 is 11.9 Å². The molecular weight excluding hydrogens is 224 g/mol. The van der Waals surface area contributed by atoms with E-state index in [1.54, 1.807) is 25.3 Å². The van der Waals surface area contributed by atoms with Gasteiger partial charge in [-0.05, 0) is 19.1 Å². The molecule has 0 atom stereocenters. The zero-order valence-corrected chi connectivity index (χ0v) is 9.47. The maximum absolute atomic E-state index is 11.6. The van der Waals surface area contributed by atoms with Gasteiger partial charge in [-0.1, -0.05) is 0 Å². The summed E-state index contributed by atoms with van der Waals surface area (Å²) in [6.45, 7) is 1.88. The van der Waals surface area contributed by atoms with Crippen LogP contribution in [0.15, 0.2) is 18.3 Å². The van der Waals surface area contributed by atoms with Gasteiger partial charge < -0.3 is 15.2 Å². The van der Waals surface area contributed by atoms with Crippen molar-refractivity contribution in [1.29, 1.82) is 0 Å². The molecular formula is C11H14N2O4. The molecule has 6 heteroatoms. The van der Waals surface area contributed by atoms with E-state index in [4.69, 9.17) is 9.84 Å². The zero-order valence-electron chi connectivity index (χ0n) is 9.47. The van der Waals surface area contributed by atoms with Gasteiger partial charge in [0.15, 0.2) is 0 Å². The van der Waals surface area contributed by atoms with Gasteiger partial charge in [-0.15, -0.1) is 0 Å². The van der Waals surface area contributed by atoms with Gasteiger partial charge in [0.1, 0.15) is 6.61 Å². The molecule has 6 nitrogen and oxygen atoms in total. The number of aromatic nitrogens is 1. The van der Waals surface area contributed by atoms with Crippen LogP contribution in [0, 0.1) is 6.92 Å². The maximum atomic E-state index is 11.6. The van der Waals surface area contributed by atoms with Gasteiger partial charge >= 0.3 is 5.97 Å². The lowest BCUT2D eigenvalue weighted by atomic mass is 10.2. The van der Waals surface area contributed by atoms with E-state index >= 15 is 0 Å². The van der Waals surface area contributed by atoms with E-state index in [0.717, 1.165) is 5.69 Å². The Labute approximate surface area is 98.6 Å². The molecule has 0 radical (unpaired) electrons. The lowest BCUT2D eigenvalue weighted by Crippen LogP contribution is -2.28. The summed E-state index contributed by atoms with van der Waals surface area (Å²) in [6.07, 6.45) is 1.56. The van der Waals surface area contributed by atoms with Crippen LogP contribution >= 0.6 is 0 Å². The van der Waals surface area contributed by atoms with Crippen LogP contribution in [0.2, 0.25) is 0 Å². The van der Waals surface area contributed by atoms with Crippen molar-refractivity contribution in [3.05, 3.63) is 29.6 Å². The third kappa shape index (κ3) is 5.07. The van der Waals surface area contributed by atoms with Gasteiger partial charge in [0.05, 0.1) is 6.61 Å². The number of carboxylic acid groups (broad SMARTS) is 1. The third-order valence-electron chi connectivity index (χ3n) is 1.92. The Kier molecular flexibility index (Phi) is 5.09. The number of aryl methyl sites for hydroxylation is 1. The minimum atomic E-state index is -1.03. The molecule has 0 aliphatic heterocycles. The monoisotopic (exact) mass is 238 g/mol. The summed E-state index contributed by atoms with van der Waals surface area (Å²) < 4.78 is 4.78. The number of carbonyl (C=O) groups excluding carboxylic acids is 1. The van der Waals surface area contributed by atoms with Crippen LogP contribution in [0.1, 0.15) is 16.1 Å². The molecule has 92 valence electrons. The van der Waals surface area contributed by atoms with E-state index in [2.05, 4.69) is 10.3 Å².